The lowest BCUT2D eigenvalue weighted by Gasteiger charge is -2.27. The number of carbonyl (C=O) groups is 1. The van der Waals surface area contributed by atoms with Gasteiger partial charge in [-0.05, 0) is 5.54 Å². The second kappa shape index (κ2) is 4.94. The van der Waals surface area contributed by atoms with Crippen LogP contribution in [-0.2, 0) is 4.79 Å². The first-order valence-corrected chi connectivity index (χ1v) is 8.89. The zero-order valence-electron chi connectivity index (χ0n) is 9.98. The molecule has 0 radical (unpaired) electrons. The van der Waals surface area contributed by atoms with Gasteiger partial charge in [-0.3, -0.25) is 4.79 Å². The number of rotatable bonds is 5. The Morgan fingerprint density at radius 1 is 1.23 bits per heavy atom. The molecular formula is C11H24OSi. The number of hydrogen-bond donors (Lipinski definition) is 0. The van der Waals surface area contributed by atoms with Crippen LogP contribution in [0.5, 0.6) is 0 Å². The zero-order chi connectivity index (χ0) is 10.6. The Labute approximate surface area is 83.9 Å². The Bertz CT molecular complexity index is 167. The van der Waals surface area contributed by atoms with E-state index in [2.05, 4.69) is 26.6 Å². The topological polar surface area (TPSA) is 17.1 Å². The summed E-state index contributed by atoms with van der Waals surface area (Å²) in [6.07, 6.45) is 1.97. The molecule has 1 nitrogen and oxygen atoms in total. The molecule has 0 aliphatic heterocycles. The third kappa shape index (κ3) is 4.60. The molecule has 0 rings (SSSR count). The third-order valence-corrected chi connectivity index (χ3v) is 5.87. The molecule has 0 aromatic rings. The molecule has 0 bridgehead atoms. The summed E-state index contributed by atoms with van der Waals surface area (Å²) in [6, 6.07) is 0. The standard InChI is InChI=1S/C11H24OSi/c1-7-10(13(4,5)6)8-11(12)9(2)3/h9-10H,7-8H2,1-6H3/t10-/m0/s1. The van der Waals surface area contributed by atoms with E-state index in [0.29, 0.717) is 11.3 Å². The Kier molecular flexibility index (Phi) is 4.90. The molecular weight excluding hydrogens is 176 g/mol. The predicted octanol–water partition coefficient (Wildman–Crippen LogP) is 3.72. The first-order valence-electron chi connectivity index (χ1n) is 5.31. The van der Waals surface area contributed by atoms with Gasteiger partial charge in [0.25, 0.3) is 0 Å². The summed E-state index contributed by atoms with van der Waals surface area (Å²) < 4.78 is 0. The van der Waals surface area contributed by atoms with Crippen LogP contribution in [0.1, 0.15) is 33.6 Å². The fourth-order valence-corrected chi connectivity index (χ4v) is 3.58. The summed E-state index contributed by atoms with van der Waals surface area (Å²) in [5.74, 6) is 0.652. The Morgan fingerprint density at radius 3 is 1.92 bits per heavy atom. The highest BCUT2D eigenvalue weighted by molar-refractivity contribution is 6.77. The molecule has 0 spiro atoms. The second-order valence-electron chi connectivity index (χ2n) is 5.30. The Balaban J connectivity index is 4.22. The van der Waals surface area contributed by atoms with E-state index in [1.54, 1.807) is 0 Å². The van der Waals surface area contributed by atoms with E-state index >= 15 is 0 Å². The van der Waals surface area contributed by atoms with Crippen molar-refractivity contribution in [2.45, 2.75) is 58.8 Å². The van der Waals surface area contributed by atoms with E-state index in [4.69, 9.17) is 0 Å². The highest BCUT2D eigenvalue weighted by atomic mass is 28.3. The number of hydrogen-bond acceptors (Lipinski definition) is 1. The number of Topliss-reactive ketones (excluding diaryl/α,β-unsaturated/α-hetero) is 1. The zero-order valence-corrected chi connectivity index (χ0v) is 11.0. The van der Waals surface area contributed by atoms with E-state index in [0.717, 1.165) is 12.8 Å². The van der Waals surface area contributed by atoms with Crippen LogP contribution in [0.15, 0.2) is 0 Å². The first-order chi connectivity index (χ1) is 5.79. The SMILES string of the molecule is CC[C@@H](CC(=O)C(C)C)[Si](C)(C)C. The molecule has 0 unspecified atom stereocenters. The molecule has 13 heavy (non-hydrogen) atoms. The average molecular weight is 200 g/mol. The minimum atomic E-state index is -1.12. The fraction of sp³-hybridized carbons (Fsp3) is 0.909. The maximum Gasteiger partial charge on any atom is 0.135 e. The number of ketones is 1. The molecule has 0 aliphatic rings. The van der Waals surface area contributed by atoms with Gasteiger partial charge < -0.3 is 0 Å². The van der Waals surface area contributed by atoms with Crippen molar-refractivity contribution < 1.29 is 4.79 Å². The molecule has 0 amide bonds. The van der Waals surface area contributed by atoms with Crippen LogP contribution < -0.4 is 0 Å². The molecule has 0 heterocycles. The molecule has 0 saturated carbocycles. The molecule has 0 aromatic carbocycles. The van der Waals surface area contributed by atoms with Crippen LogP contribution in [-0.4, -0.2) is 13.9 Å². The van der Waals surface area contributed by atoms with Crippen molar-refractivity contribution in [2.75, 3.05) is 0 Å². The van der Waals surface area contributed by atoms with Crippen molar-refractivity contribution in [1.82, 2.24) is 0 Å². The maximum absolute atomic E-state index is 11.6. The van der Waals surface area contributed by atoms with Crippen LogP contribution in [0.25, 0.3) is 0 Å². The molecule has 0 N–H and O–H groups in total. The summed E-state index contributed by atoms with van der Waals surface area (Å²) in [7, 11) is -1.12. The van der Waals surface area contributed by atoms with Crippen molar-refractivity contribution >= 4 is 13.9 Å². The summed E-state index contributed by atoms with van der Waals surface area (Å²) in [6.45, 7) is 13.3. The van der Waals surface area contributed by atoms with Gasteiger partial charge in [0, 0.05) is 20.4 Å². The van der Waals surface area contributed by atoms with Crippen molar-refractivity contribution in [3.63, 3.8) is 0 Å². The normalized spacial score (nSPS) is 14.7. The van der Waals surface area contributed by atoms with Gasteiger partial charge in [0.05, 0.1) is 0 Å². The molecule has 0 saturated heterocycles. The predicted molar refractivity (Wildman–Crippen MR) is 61.8 cm³/mol. The molecule has 78 valence electrons. The lowest BCUT2D eigenvalue weighted by molar-refractivity contribution is -0.122. The van der Waals surface area contributed by atoms with Crippen LogP contribution >= 0.6 is 0 Å². The first kappa shape index (κ1) is 12.9. The van der Waals surface area contributed by atoms with E-state index in [1.165, 1.54) is 0 Å². The fourth-order valence-electron chi connectivity index (χ4n) is 1.54. The Hall–Kier alpha value is -0.113. The van der Waals surface area contributed by atoms with Crippen molar-refractivity contribution in [1.29, 1.82) is 0 Å². The molecule has 2 heteroatoms. The van der Waals surface area contributed by atoms with Crippen molar-refractivity contribution in [2.24, 2.45) is 5.92 Å². The van der Waals surface area contributed by atoms with Gasteiger partial charge in [0.15, 0.2) is 0 Å². The van der Waals surface area contributed by atoms with Gasteiger partial charge >= 0.3 is 0 Å². The van der Waals surface area contributed by atoms with Gasteiger partial charge in [0.1, 0.15) is 5.78 Å². The number of carbonyl (C=O) groups excluding carboxylic acids is 1. The smallest absolute Gasteiger partial charge is 0.135 e. The van der Waals surface area contributed by atoms with Gasteiger partial charge in [-0.1, -0.05) is 46.8 Å². The quantitative estimate of drug-likeness (QED) is 0.618. The second-order valence-corrected chi connectivity index (χ2v) is 10.8. The monoisotopic (exact) mass is 200 g/mol. The van der Waals surface area contributed by atoms with Gasteiger partial charge in [-0.25, -0.2) is 0 Å². The summed E-state index contributed by atoms with van der Waals surface area (Å²) in [4.78, 5) is 11.6. The average Bonchev–Trinajstić information content (AvgIpc) is 1.96. The minimum absolute atomic E-state index is 0.213. The van der Waals surface area contributed by atoms with Crippen molar-refractivity contribution in [3.8, 4) is 0 Å². The molecule has 1 atom stereocenters. The summed E-state index contributed by atoms with van der Waals surface area (Å²) >= 11 is 0. The van der Waals surface area contributed by atoms with Crippen LogP contribution in [0, 0.1) is 5.92 Å². The lowest BCUT2D eigenvalue weighted by Crippen LogP contribution is -2.30. The van der Waals surface area contributed by atoms with E-state index in [-0.39, 0.29) is 5.92 Å². The summed E-state index contributed by atoms with van der Waals surface area (Å²) in [5, 5.41) is 0. The van der Waals surface area contributed by atoms with E-state index in [9.17, 15) is 4.79 Å². The van der Waals surface area contributed by atoms with E-state index < -0.39 is 8.07 Å². The highest BCUT2D eigenvalue weighted by Crippen LogP contribution is 2.29. The van der Waals surface area contributed by atoms with Crippen LogP contribution in [0.4, 0.5) is 0 Å². The van der Waals surface area contributed by atoms with Crippen LogP contribution in [0.3, 0.4) is 0 Å². The van der Waals surface area contributed by atoms with Gasteiger partial charge in [0.2, 0.25) is 0 Å². The van der Waals surface area contributed by atoms with Gasteiger partial charge in [-0.15, -0.1) is 0 Å². The Morgan fingerprint density at radius 2 is 1.69 bits per heavy atom. The van der Waals surface area contributed by atoms with Crippen molar-refractivity contribution in [3.05, 3.63) is 0 Å². The molecule has 0 aliphatic carbocycles. The third-order valence-electron chi connectivity index (χ3n) is 2.81. The van der Waals surface area contributed by atoms with Gasteiger partial charge in [-0.2, -0.15) is 0 Å². The minimum Gasteiger partial charge on any atom is -0.299 e. The summed E-state index contributed by atoms with van der Waals surface area (Å²) in [5.41, 5.74) is 0.669. The van der Waals surface area contributed by atoms with Crippen LogP contribution in [0.2, 0.25) is 25.2 Å². The van der Waals surface area contributed by atoms with E-state index in [1.807, 2.05) is 13.8 Å². The highest BCUT2D eigenvalue weighted by Gasteiger charge is 2.27. The molecule has 0 fully saturated rings. The molecule has 0 aromatic heterocycles. The maximum atomic E-state index is 11.6. The lowest BCUT2D eigenvalue weighted by atomic mass is 10.0. The largest absolute Gasteiger partial charge is 0.299 e.